The molecule has 0 unspecified atom stereocenters. The zero-order chi connectivity index (χ0) is 10.1. The van der Waals surface area contributed by atoms with E-state index in [4.69, 9.17) is 15.6 Å². The molecule has 1 aromatic carbocycles. The van der Waals surface area contributed by atoms with Crippen LogP contribution in [0.25, 0.3) is 11.0 Å². The molecule has 4 heteroatoms. The van der Waals surface area contributed by atoms with Gasteiger partial charge in [0, 0.05) is 6.21 Å². The summed E-state index contributed by atoms with van der Waals surface area (Å²) in [5.74, 6) is -0.0105. The van der Waals surface area contributed by atoms with Crippen molar-refractivity contribution in [2.24, 2.45) is 0 Å². The molecule has 14 heavy (non-hydrogen) atoms. The lowest BCUT2D eigenvalue weighted by atomic mass is 10.2. The number of hydrogen-bond donors (Lipinski definition) is 2. The molecule has 1 heterocycles. The van der Waals surface area contributed by atoms with E-state index in [1.807, 2.05) is 0 Å². The quantitative estimate of drug-likeness (QED) is 0.663. The first kappa shape index (κ1) is 8.50. The minimum atomic E-state index is -0.264. The molecule has 1 aromatic heterocycles. The van der Waals surface area contributed by atoms with Crippen molar-refractivity contribution in [3.63, 3.8) is 0 Å². The Kier molecular flexibility index (Phi) is 1.81. The molecule has 2 aromatic rings. The maximum atomic E-state index is 11.7. The Bertz CT molecular complexity index is 558. The first-order valence-electron chi connectivity index (χ1n) is 4.06. The lowest BCUT2D eigenvalue weighted by molar-refractivity contribution is 0.624. The van der Waals surface area contributed by atoms with Gasteiger partial charge in [-0.25, -0.2) is 0 Å². The van der Waals surface area contributed by atoms with E-state index in [-0.39, 0.29) is 16.9 Å². The van der Waals surface area contributed by atoms with Crippen LogP contribution in [0.15, 0.2) is 33.5 Å². The highest BCUT2D eigenvalue weighted by Gasteiger charge is 2.08. The van der Waals surface area contributed by atoms with E-state index >= 15 is 0 Å². The first-order chi connectivity index (χ1) is 6.74. The van der Waals surface area contributed by atoms with Crippen LogP contribution in [0.2, 0.25) is 0 Å². The third-order valence-corrected chi connectivity index (χ3v) is 2.01. The van der Waals surface area contributed by atoms with Crippen LogP contribution in [0.4, 0.5) is 5.88 Å². The third kappa shape index (κ3) is 1.08. The van der Waals surface area contributed by atoms with Gasteiger partial charge in [0.2, 0.25) is 11.3 Å². The second-order valence-electron chi connectivity index (χ2n) is 2.85. The summed E-state index contributed by atoms with van der Waals surface area (Å²) in [5, 5.41) is 7.48. The van der Waals surface area contributed by atoms with Gasteiger partial charge in [-0.3, -0.25) is 4.79 Å². The summed E-state index contributed by atoms with van der Waals surface area (Å²) in [7, 11) is 0. The lowest BCUT2D eigenvalue weighted by Crippen LogP contribution is -2.11. The Labute approximate surface area is 79.5 Å². The standard InChI is InChI=1S/C10H8N2O2/c11-5-7-9(13)6-3-1-2-4-8(6)14-10(7)12/h1-5,11H,12H2. The van der Waals surface area contributed by atoms with E-state index in [2.05, 4.69) is 0 Å². The summed E-state index contributed by atoms with van der Waals surface area (Å²) in [5.41, 5.74) is 5.76. The fraction of sp³-hybridized carbons (Fsp3) is 0. The predicted molar refractivity (Wildman–Crippen MR) is 54.8 cm³/mol. The topological polar surface area (TPSA) is 80.1 Å². The second-order valence-corrected chi connectivity index (χ2v) is 2.85. The number of rotatable bonds is 1. The summed E-state index contributed by atoms with van der Waals surface area (Å²) in [6, 6.07) is 6.81. The molecule has 0 aliphatic heterocycles. The largest absolute Gasteiger partial charge is 0.440 e. The molecule has 2 rings (SSSR count). The number of nitrogens with one attached hydrogen (secondary N) is 1. The molecule has 4 nitrogen and oxygen atoms in total. The van der Waals surface area contributed by atoms with Crippen LogP contribution in [0.1, 0.15) is 5.56 Å². The molecule has 0 radical (unpaired) electrons. The van der Waals surface area contributed by atoms with E-state index in [9.17, 15) is 4.79 Å². The second kappa shape index (κ2) is 2.99. The number of para-hydroxylation sites is 1. The van der Waals surface area contributed by atoms with Crippen LogP contribution in [-0.4, -0.2) is 6.21 Å². The molecule has 0 aliphatic rings. The molecule has 0 saturated carbocycles. The van der Waals surface area contributed by atoms with Crippen molar-refractivity contribution >= 4 is 23.1 Å². The molecule has 0 bridgehead atoms. The molecular weight excluding hydrogens is 180 g/mol. The Hall–Kier alpha value is -2.10. The van der Waals surface area contributed by atoms with Crippen LogP contribution in [-0.2, 0) is 0 Å². The molecule has 0 atom stereocenters. The number of benzene rings is 1. The number of anilines is 1. The van der Waals surface area contributed by atoms with Crippen molar-refractivity contribution in [3.8, 4) is 0 Å². The van der Waals surface area contributed by atoms with E-state index in [0.29, 0.717) is 11.0 Å². The summed E-state index contributed by atoms with van der Waals surface area (Å²) in [6.45, 7) is 0. The maximum Gasteiger partial charge on any atom is 0.203 e. The van der Waals surface area contributed by atoms with Gasteiger partial charge in [-0.1, -0.05) is 12.1 Å². The van der Waals surface area contributed by atoms with Gasteiger partial charge >= 0.3 is 0 Å². The van der Waals surface area contributed by atoms with E-state index in [0.717, 1.165) is 6.21 Å². The monoisotopic (exact) mass is 188 g/mol. The summed E-state index contributed by atoms with van der Waals surface area (Å²) >= 11 is 0. The predicted octanol–water partition coefficient (Wildman–Crippen LogP) is 1.37. The minimum absolute atomic E-state index is 0.0105. The van der Waals surface area contributed by atoms with Crippen molar-refractivity contribution in [2.75, 3.05) is 5.73 Å². The summed E-state index contributed by atoms with van der Waals surface area (Å²) in [4.78, 5) is 11.7. The average Bonchev–Trinajstić information content (AvgIpc) is 2.18. The first-order valence-corrected chi connectivity index (χ1v) is 4.06. The number of nitrogen functional groups attached to an aromatic ring is 1. The third-order valence-electron chi connectivity index (χ3n) is 2.01. The van der Waals surface area contributed by atoms with E-state index in [1.54, 1.807) is 24.3 Å². The van der Waals surface area contributed by atoms with Gasteiger partial charge in [0.05, 0.1) is 5.39 Å². The number of fused-ring (bicyclic) bond motifs is 1. The fourth-order valence-electron chi connectivity index (χ4n) is 1.31. The normalized spacial score (nSPS) is 10.3. The summed E-state index contributed by atoms with van der Waals surface area (Å²) < 4.78 is 5.19. The number of nitrogens with two attached hydrogens (primary N) is 1. The molecule has 70 valence electrons. The van der Waals surface area contributed by atoms with Crippen LogP contribution in [0.3, 0.4) is 0 Å². The lowest BCUT2D eigenvalue weighted by Gasteiger charge is -2.00. The van der Waals surface area contributed by atoms with Crippen LogP contribution in [0.5, 0.6) is 0 Å². The van der Waals surface area contributed by atoms with Crippen molar-refractivity contribution in [1.29, 1.82) is 5.41 Å². The molecule has 3 N–H and O–H groups in total. The van der Waals surface area contributed by atoms with Gasteiger partial charge in [0.15, 0.2) is 0 Å². The molecule has 0 amide bonds. The van der Waals surface area contributed by atoms with Gasteiger partial charge in [-0.05, 0) is 12.1 Å². The summed E-state index contributed by atoms with van der Waals surface area (Å²) in [6.07, 6.45) is 0.910. The highest BCUT2D eigenvalue weighted by atomic mass is 16.3. The molecule has 0 spiro atoms. The zero-order valence-corrected chi connectivity index (χ0v) is 7.28. The molecule has 0 fully saturated rings. The highest BCUT2D eigenvalue weighted by molar-refractivity contribution is 5.89. The minimum Gasteiger partial charge on any atom is -0.440 e. The molecule has 0 aliphatic carbocycles. The fourth-order valence-corrected chi connectivity index (χ4v) is 1.31. The Morgan fingerprint density at radius 3 is 2.79 bits per heavy atom. The van der Waals surface area contributed by atoms with Crippen molar-refractivity contribution in [3.05, 3.63) is 40.1 Å². The highest BCUT2D eigenvalue weighted by Crippen LogP contribution is 2.15. The van der Waals surface area contributed by atoms with Gasteiger partial charge in [-0.15, -0.1) is 0 Å². The maximum absolute atomic E-state index is 11.7. The van der Waals surface area contributed by atoms with Crippen molar-refractivity contribution in [1.82, 2.24) is 0 Å². The van der Waals surface area contributed by atoms with Crippen molar-refractivity contribution < 1.29 is 4.42 Å². The van der Waals surface area contributed by atoms with Crippen LogP contribution < -0.4 is 11.2 Å². The Morgan fingerprint density at radius 1 is 1.36 bits per heavy atom. The van der Waals surface area contributed by atoms with Crippen molar-refractivity contribution in [2.45, 2.75) is 0 Å². The van der Waals surface area contributed by atoms with Gasteiger partial charge in [0.25, 0.3) is 0 Å². The smallest absolute Gasteiger partial charge is 0.203 e. The van der Waals surface area contributed by atoms with Crippen LogP contribution in [0, 0.1) is 5.41 Å². The van der Waals surface area contributed by atoms with Gasteiger partial charge < -0.3 is 15.6 Å². The SMILES string of the molecule is N=Cc1c(N)oc2ccccc2c1=O. The average molecular weight is 188 g/mol. The molecular formula is C10H8N2O2. The Balaban J connectivity index is 3.00. The van der Waals surface area contributed by atoms with E-state index in [1.165, 1.54) is 0 Å². The Morgan fingerprint density at radius 2 is 2.07 bits per heavy atom. The molecule has 0 saturated heterocycles. The van der Waals surface area contributed by atoms with Gasteiger partial charge in [0.1, 0.15) is 11.1 Å². The van der Waals surface area contributed by atoms with E-state index < -0.39 is 0 Å². The van der Waals surface area contributed by atoms with Crippen LogP contribution >= 0.6 is 0 Å². The van der Waals surface area contributed by atoms with Gasteiger partial charge in [-0.2, -0.15) is 0 Å². The number of hydrogen-bond acceptors (Lipinski definition) is 4. The zero-order valence-electron chi connectivity index (χ0n) is 7.28.